The number of carboxylic acids is 1. The Bertz CT molecular complexity index is 1140. The summed E-state index contributed by atoms with van der Waals surface area (Å²) in [6.45, 7) is 8.84. The maximum Gasteiger partial charge on any atom is 0.329 e. The Morgan fingerprint density at radius 2 is 2.00 bits per heavy atom. The van der Waals surface area contributed by atoms with E-state index in [1.807, 2.05) is 39.0 Å². The number of aliphatic carboxylic acids is 1. The summed E-state index contributed by atoms with van der Waals surface area (Å²) in [6.07, 6.45) is 0.460. The van der Waals surface area contributed by atoms with Gasteiger partial charge in [-0.25, -0.2) is 9.78 Å². The SMILES string of the molecule is CCc1nc2sc(C)c(-c3cc(C)ccc3OC)c2c(=O)n1C(C)(C)C(=O)O. The zero-order valence-corrected chi connectivity index (χ0v) is 17.7. The van der Waals surface area contributed by atoms with Gasteiger partial charge in [0.25, 0.3) is 5.56 Å². The molecule has 0 radical (unpaired) electrons. The first kappa shape index (κ1) is 20.1. The Morgan fingerprint density at radius 3 is 2.57 bits per heavy atom. The topological polar surface area (TPSA) is 81.4 Å². The lowest BCUT2D eigenvalue weighted by atomic mass is 9.99. The molecule has 7 heteroatoms. The van der Waals surface area contributed by atoms with Crippen LogP contribution in [0.15, 0.2) is 23.0 Å². The number of aryl methyl sites for hydroxylation is 3. The third kappa shape index (κ3) is 2.99. The van der Waals surface area contributed by atoms with Gasteiger partial charge in [-0.05, 0) is 39.8 Å². The van der Waals surface area contributed by atoms with Crippen molar-refractivity contribution in [2.24, 2.45) is 0 Å². The fourth-order valence-electron chi connectivity index (χ4n) is 3.45. The number of hydrogen-bond donors (Lipinski definition) is 1. The van der Waals surface area contributed by atoms with Crippen LogP contribution in [-0.2, 0) is 16.8 Å². The van der Waals surface area contributed by atoms with Crippen LogP contribution >= 0.6 is 11.3 Å². The zero-order valence-electron chi connectivity index (χ0n) is 16.9. The Kier molecular flexibility index (Phi) is 5.06. The van der Waals surface area contributed by atoms with Crippen LogP contribution < -0.4 is 10.3 Å². The Morgan fingerprint density at radius 1 is 1.32 bits per heavy atom. The summed E-state index contributed by atoms with van der Waals surface area (Å²) in [6, 6.07) is 5.81. The highest BCUT2D eigenvalue weighted by molar-refractivity contribution is 7.19. The van der Waals surface area contributed by atoms with E-state index in [1.54, 1.807) is 7.11 Å². The van der Waals surface area contributed by atoms with Crippen LogP contribution in [0.3, 0.4) is 0 Å². The van der Waals surface area contributed by atoms with Gasteiger partial charge in [0.2, 0.25) is 0 Å². The smallest absolute Gasteiger partial charge is 0.329 e. The average molecular weight is 401 g/mol. The summed E-state index contributed by atoms with van der Waals surface area (Å²) >= 11 is 1.44. The zero-order chi connectivity index (χ0) is 20.8. The minimum atomic E-state index is -1.41. The van der Waals surface area contributed by atoms with Crippen LogP contribution in [0.1, 0.15) is 37.0 Å². The van der Waals surface area contributed by atoms with Gasteiger partial charge >= 0.3 is 5.97 Å². The number of nitrogens with zero attached hydrogens (tertiary/aromatic N) is 2. The summed E-state index contributed by atoms with van der Waals surface area (Å²) in [4.78, 5) is 31.7. The molecule has 0 fully saturated rings. The number of fused-ring (bicyclic) bond motifs is 1. The molecule has 0 bridgehead atoms. The number of carbonyl (C=O) groups is 1. The van der Waals surface area contributed by atoms with Gasteiger partial charge in [0.1, 0.15) is 21.9 Å². The van der Waals surface area contributed by atoms with Crippen molar-refractivity contribution in [3.05, 3.63) is 44.8 Å². The maximum atomic E-state index is 13.6. The second kappa shape index (κ2) is 7.05. The van der Waals surface area contributed by atoms with E-state index in [4.69, 9.17) is 4.74 Å². The first-order valence-corrected chi connectivity index (χ1v) is 9.89. The van der Waals surface area contributed by atoms with Crippen molar-refractivity contribution in [1.29, 1.82) is 0 Å². The maximum absolute atomic E-state index is 13.6. The molecule has 0 saturated carbocycles. The number of rotatable bonds is 5. The van der Waals surface area contributed by atoms with Gasteiger partial charge in [-0.3, -0.25) is 9.36 Å². The number of ether oxygens (including phenoxy) is 1. The molecule has 0 atom stereocenters. The highest BCUT2D eigenvalue weighted by Gasteiger charge is 2.34. The van der Waals surface area contributed by atoms with Crippen LogP contribution in [-0.4, -0.2) is 27.7 Å². The van der Waals surface area contributed by atoms with E-state index in [1.165, 1.54) is 29.8 Å². The first-order valence-electron chi connectivity index (χ1n) is 9.07. The normalized spacial score (nSPS) is 11.8. The molecule has 3 aromatic rings. The van der Waals surface area contributed by atoms with Crippen LogP contribution in [0.4, 0.5) is 0 Å². The fourth-order valence-corrected chi connectivity index (χ4v) is 4.50. The van der Waals surface area contributed by atoms with Crippen LogP contribution in [0.25, 0.3) is 21.3 Å². The Balaban J connectivity index is 2.49. The third-order valence-electron chi connectivity index (χ3n) is 4.99. The number of carboxylic acid groups (broad SMARTS) is 1. The number of aromatic nitrogens is 2. The highest BCUT2D eigenvalue weighted by atomic mass is 32.1. The fraction of sp³-hybridized carbons (Fsp3) is 0.381. The molecule has 1 N–H and O–H groups in total. The van der Waals surface area contributed by atoms with Gasteiger partial charge in [-0.15, -0.1) is 11.3 Å². The van der Waals surface area contributed by atoms with Gasteiger partial charge in [0.05, 0.1) is 12.5 Å². The molecule has 0 aliphatic rings. The summed E-state index contributed by atoms with van der Waals surface area (Å²) < 4.78 is 6.84. The molecule has 6 nitrogen and oxygen atoms in total. The molecule has 0 saturated heterocycles. The summed E-state index contributed by atoms with van der Waals surface area (Å²) in [5.41, 5.74) is 0.869. The highest BCUT2D eigenvalue weighted by Crippen LogP contribution is 2.41. The molecule has 0 unspecified atom stereocenters. The molecule has 0 aliphatic heterocycles. The molecule has 0 amide bonds. The number of hydrogen-bond acceptors (Lipinski definition) is 5. The van der Waals surface area contributed by atoms with Crippen molar-refractivity contribution in [3.8, 4) is 16.9 Å². The predicted octanol–water partition coefficient (Wildman–Crippen LogP) is 4.13. The Hall–Kier alpha value is -2.67. The van der Waals surface area contributed by atoms with E-state index in [9.17, 15) is 14.7 Å². The average Bonchev–Trinajstić information content (AvgIpc) is 2.97. The van der Waals surface area contributed by atoms with Crippen LogP contribution in [0.5, 0.6) is 5.75 Å². The van der Waals surface area contributed by atoms with Crippen molar-refractivity contribution < 1.29 is 14.6 Å². The lowest BCUT2D eigenvalue weighted by Gasteiger charge is -2.25. The van der Waals surface area contributed by atoms with E-state index in [0.717, 1.165) is 21.6 Å². The van der Waals surface area contributed by atoms with E-state index in [2.05, 4.69) is 4.98 Å². The van der Waals surface area contributed by atoms with Crippen molar-refractivity contribution in [2.45, 2.75) is 46.6 Å². The van der Waals surface area contributed by atoms with Crippen LogP contribution in [0.2, 0.25) is 0 Å². The lowest BCUT2D eigenvalue weighted by molar-refractivity contribution is -0.146. The number of benzene rings is 1. The molecule has 0 spiro atoms. The molecular formula is C21H24N2O4S. The summed E-state index contributed by atoms with van der Waals surface area (Å²) in [7, 11) is 1.59. The molecule has 28 heavy (non-hydrogen) atoms. The molecular weight excluding hydrogens is 376 g/mol. The molecule has 0 aliphatic carbocycles. The van der Waals surface area contributed by atoms with E-state index in [-0.39, 0.29) is 5.56 Å². The van der Waals surface area contributed by atoms with E-state index < -0.39 is 11.5 Å². The minimum absolute atomic E-state index is 0.336. The number of methoxy groups -OCH3 is 1. The summed E-state index contributed by atoms with van der Waals surface area (Å²) in [5, 5.41) is 10.2. The largest absolute Gasteiger partial charge is 0.496 e. The van der Waals surface area contributed by atoms with Crippen molar-refractivity contribution in [1.82, 2.24) is 9.55 Å². The molecule has 2 aromatic heterocycles. The standard InChI is InChI=1S/C21H24N2O4S/c1-7-15-22-18-17(19(24)23(15)21(4,5)20(25)26)16(12(3)28-18)13-10-11(2)8-9-14(13)27-6/h8-10H,7H2,1-6H3,(H,25,26). The molecule has 1 aromatic carbocycles. The predicted molar refractivity (Wildman–Crippen MR) is 112 cm³/mol. The molecule has 3 rings (SSSR count). The van der Waals surface area contributed by atoms with Crippen LogP contribution in [0, 0.1) is 13.8 Å². The van der Waals surface area contributed by atoms with Crippen molar-refractivity contribution >= 4 is 27.5 Å². The van der Waals surface area contributed by atoms with E-state index >= 15 is 0 Å². The Labute approximate surface area is 167 Å². The van der Waals surface area contributed by atoms with Gasteiger partial charge in [-0.2, -0.15) is 0 Å². The minimum Gasteiger partial charge on any atom is -0.496 e. The number of thiophene rings is 1. The van der Waals surface area contributed by atoms with Gasteiger partial charge in [0.15, 0.2) is 0 Å². The third-order valence-corrected chi connectivity index (χ3v) is 5.99. The van der Waals surface area contributed by atoms with Gasteiger partial charge in [0, 0.05) is 22.4 Å². The summed E-state index contributed by atoms with van der Waals surface area (Å²) in [5.74, 6) is 0.0532. The monoisotopic (exact) mass is 400 g/mol. The van der Waals surface area contributed by atoms with Gasteiger partial charge < -0.3 is 9.84 Å². The molecule has 2 heterocycles. The lowest BCUT2D eigenvalue weighted by Crippen LogP contribution is -2.44. The second-order valence-corrected chi connectivity index (χ2v) is 8.51. The first-order chi connectivity index (χ1) is 13.1. The quantitative estimate of drug-likeness (QED) is 0.696. The second-order valence-electron chi connectivity index (χ2n) is 7.30. The van der Waals surface area contributed by atoms with Gasteiger partial charge in [-0.1, -0.05) is 18.6 Å². The molecule has 148 valence electrons. The van der Waals surface area contributed by atoms with E-state index in [0.29, 0.717) is 28.2 Å². The van der Waals surface area contributed by atoms with Crippen molar-refractivity contribution in [3.63, 3.8) is 0 Å². The van der Waals surface area contributed by atoms with Crippen molar-refractivity contribution in [2.75, 3.05) is 7.11 Å².